The first-order valence-electron chi connectivity index (χ1n) is 8.63. The summed E-state index contributed by atoms with van der Waals surface area (Å²) < 4.78 is 40.2. The largest absolute Gasteiger partial charge is 0.315 e. The lowest BCUT2D eigenvalue weighted by Gasteiger charge is -2.20. The lowest BCUT2D eigenvalue weighted by atomic mass is 10.1. The highest BCUT2D eigenvalue weighted by Crippen LogP contribution is 2.17. The highest BCUT2D eigenvalue weighted by Gasteiger charge is 2.21. The molecule has 2 aromatic carbocycles. The number of aryl methyl sites for hydroxylation is 1. The van der Waals surface area contributed by atoms with Crippen LogP contribution in [0.4, 0.5) is 10.1 Å². The number of halogens is 1. The standard InChI is InChI=1S/C20H25FN2O3S/c1-20(2,3)22-27(25,26)18-12-5-15(6-13-18)7-14-19(24)23(4)17-10-8-16(21)9-11-17/h5-6,8-13,22H,7,14H2,1-4H3. The second-order valence-electron chi connectivity index (χ2n) is 7.43. The average Bonchev–Trinajstić information content (AvgIpc) is 2.58. The summed E-state index contributed by atoms with van der Waals surface area (Å²) in [5.41, 5.74) is 0.927. The number of rotatable bonds is 6. The third-order valence-electron chi connectivity index (χ3n) is 3.89. The third-order valence-corrected chi connectivity index (χ3v) is 5.66. The van der Waals surface area contributed by atoms with Gasteiger partial charge >= 0.3 is 0 Å². The summed E-state index contributed by atoms with van der Waals surface area (Å²) in [5, 5.41) is 0. The van der Waals surface area contributed by atoms with Crippen molar-refractivity contribution in [2.45, 2.75) is 44.0 Å². The number of sulfonamides is 1. The van der Waals surface area contributed by atoms with E-state index in [4.69, 9.17) is 0 Å². The van der Waals surface area contributed by atoms with Gasteiger partial charge in [-0.05, 0) is 69.2 Å². The molecule has 0 unspecified atom stereocenters. The van der Waals surface area contributed by atoms with Crippen molar-refractivity contribution in [3.63, 3.8) is 0 Å². The molecule has 146 valence electrons. The Hall–Kier alpha value is -2.25. The minimum atomic E-state index is -3.57. The first kappa shape index (κ1) is 21.1. The fraction of sp³-hybridized carbons (Fsp3) is 0.350. The number of carbonyl (C=O) groups is 1. The molecule has 7 heteroatoms. The van der Waals surface area contributed by atoms with Crippen LogP contribution < -0.4 is 9.62 Å². The predicted molar refractivity (Wildman–Crippen MR) is 105 cm³/mol. The van der Waals surface area contributed by atoms with Crippen LogP contribution in [-0.2, 0) is 21.2 Å². The Bertz CT molecular complexity index is 886. The monoisotopic (exact) mass is 392 g/mol. The number of nitrogens with zero attached hydrogens (tertiary/aromatic N) is 1. The molecular formula is C20H25FN2O3S. The summed E-state index contributed by atoms with van der Waals surface area (Å²) in [6.07, 6.45) is 0.748. The predicted octanol–water partition coefficient (Wildman–Crippen LogP) is 3.50. The van der Waals surface area contributed by atoms with Crippen LogP contribution in [0.2, 0.25) is 0 Å². The first-order valence-corrected chi connectivity index (χ1v) is 10.1. The average molecular weight is 392 g/mol. The lowest BCUT2D eigenvalue weighted by molar-refractivity contribution is -0.118. The molecule has 0 aliphatic heterocycles. The molecule has 0 aliphatic rings. The van der Waals surface area contributed by atoms with Crippen molar-refractivity contribution in [1.29, 1.82) is 0 Å². The molecule has 0 heterocycles. The summed E-state index contributed by atoms with van der Waals surface area (Å²) >= 11 is 0. The Labute approximate surface area is 160 Å². The van der Waals surface area contributed by atoms with Gasteiger partial charge in [-0.15, -0.1) is 0 Å². The highest BCUT2D eigenvalue weighted by atomic mass is 32.2. The van der Waals surface area contributed by atoms with Crippen LogP contribution in [0.5, 0.6) is 0 Å². The Morgan fingerprint density at radius 2 is 1.59 bits per heavy atom. The van der Waals surface area contributed by atoms with E-state index >= 15 is 0 Å². The number of hydrogen-bond acceptors (Lipinski definition) is 3. The summed E-state index contributed by atoms with van der Waals surface area (Å²) in [7, 11) is -1.93. The normalized spacial score (nSPS) is 12.0. The van der Waals surface area contributed by atoms with Gasteiger partial charge in [0.05, 0.1) is 4.90 Å². The van der Waals surface area contributed by atoms with Gasteiger partial charge in [-0.2, -0.15) is 0 Å². The number of benzene rings is 2. The minimum absolute atomic E-state index is 0.104. The van der Waals surface area contributed by atoms with Crippen molar-refractivity contribution in [2.24, 2.45) is 0 Å². The van der Waals surface area contributed by atoms with Gasteiger partial charge in [-0.25, -0.2) is 17.5 Å². The van der Waals surface area contributed by atoms with Gasteiger partial charge in [-0.1, -0.05) is 12.1 Å². The van der Waals surface area contributed by atoms with Gasteiger partial charge in [0.25, 0.3) is 0 Å². The first-order chi connectivity index (χ1) is 12.5. The Kier molecular flexibility index (Phi) is 6.38. The fourth-order valence-corrected chi connectivity index (χ4v) is 3.94. The van der Waals surface area contributed by atoms with Crippen LogP contribution in [0.1, 0.15) is 32.8 Å². The van der Waals surface area contributed by atoms with E-state index in [1.54, 1.807) is 52.1 Å². The molecule has 0 radical (unpaired) electrons. The number of hydrogen-bond donors (Lipinski definition) is 1. The molecule has 5 nitrogen and oxygen atoms in total. The van der Waals surface area contributed by atoms with E-state index in [1.165, 1.54) is 29.2 Å². The van der Waals surface area contributed by atoms with Crippen LogP contribution in [0.15, 0.2) is 53.4 Å². The molecule has 0 atom stereocenters. The van der Waals surface area contributed by atoms with Gasteiger partial charge in [0.2, 0.25) is 15.9 Å². The van der Waals surface area contributed by atoms with Gasteiger partial charge in [0.1, 0.15) is 5.82 Å². The molecule has 0 fully saturated rings. The quantitative estimate of drug-likeness (QED) is 0.818. The third kappa shape index (κ3) is 6.15. The van der Waals surface area contributed by atoms with Crippen molar-refractivity contribution in [2.75, 3.05) is 11.9 Å². The zero-order chi connectivity index (χ0) is 20.2. The topological polar surface area (TPSA) is 66.5 Å². The molecule has 27 heavy (non-hydrogen) atoms. The van der Waals surface area contributed by atoms with Crippen LogP contribution in [0, 0.1) is 5.82 Å². The maximum absolute atomic E-state index is 13.0. The van der Waals surface area contributed by atoms with Crippen molar-refractivity contribution in [1.82, 2.24) is 4.72 Å². The maximum atomic E-state index is 13.0. The van der Waals surface area contributed by atoms with Gasteiger partial charge in [0, 0.05) is 24.7 Å². The van der Waals surface area contributed by atoms with E-state index in [0.717, 1.165) is 5.56 Å². The van der Waals surface area contributed by atoms with Gasteiger partial charge in [-0.3, -0.25) is 4.79 Å². The number of nitrogens with one attached hydrogen (secondary N) is 1. The van der Waals surface area contributed by atoms with Gasteiger partial charge < -0.3 is 4.90 Å². The van der Waals surface area contributed by atoms with E-state index in [2.05, 4.69) is 4.72 Å². The van der Waals surface area contributed by atoms with Crippen molar-refractivity contribution < 1.29 is 17.6 Å². The summed E-state index contributed by atoms with van der Waals surface area (Å²) in [6, 6.07) is 12.2. The van der Waals surface area contributed by atoms with Crippen molar-refractivity contribution in [3.8, 4) is 0 Å². The van der Waals surface area contributed by atoms with Crippen LogP contribution in [0.25, 0.3) is 0 Å². The summed E-state index contributed by atoms with van der Waals surface area (Å²) in [6.45, 7) is 5.34. The van der Waals surface area contributed by atoms with E-state index in [0.29, 0.717) is 12.1 Å². The number of anilines is 1. The fourth-order valence-electron chi connectivity index (χ4n) is 2.52. The molecule has 1 N–H and O–H groups in total. The molecule has 0 aromatic heterocycles. The molecule has 2 rings (SSSR count). The Balaban J connectivity index is 1.98. The zero-order valence-corrected chi connectivity index (χ0v) is 16.8. The highest BCUT2D eigenvalue weighted by molar-refractivity contribution is 7.89. The minimum Gasteiger partial charge on any atom is -0.315 e. The van der Waals surface area contributed by atoms with Crippen LogP contribution in [-0.4, -0.2) is 26.9 Å². The molecule has 0 spiro atoms. The molecule has 0 saturated heterocycles. The zero-order valence-electron chi connectivity index (χ0n) is 16.0. The molecule has 2 aromatic rings. The smallest absolute Gasteiger partial charge is 0.241 e. The van der Waals surface area contributed by atoms with E-state index in [-0.39, 0.29) is 23.0 Å². The Morgan fingerprint density at radius 3 is 2.11 bits per heavy atom. The number of carbonyl (C=O) groups excluding carboxylic acids is 1. The van der Waals surface area contributed by atoms with Crippen LogP contribution >= 0.6 is 0 Å². The van der Waals surface area contributed by atoms with Crippen molar-refractivity contribution in [3.05, 3.63) is 59.9 Å². The van der Waals surface area contributed by atoms with E-state index in [9.17, 15) is 17.6 Å². The van der Waals surface area contributed by atoms with E-state index < -0.39 is 15.6 Å². The van der Waals surface area contributed by atoms with Crippen molar-refractivity contribution >= 4 is 21.6 Å². The second-order valence-corrected chi connectivity index (χ2v) is 9.11. The molecule has 1 amide bonds. The molecule has 0 saturated carbocycles. The number of amides is 1. The summed E-state index contributed by atoms with van der Waals surface area (Å²) in [4.78, 5) is 14.0. The van der Waals surface area contributed by atoms with Crippen LogP contribution in [0.3, 0.4) is 0 Å². The van der Waals surface area contributed by atoms with Gasteiger partial charge in [0.15, 0.2) is 0 Å². The lowest BCUT2D eigenvalue weighted by Crippen LogP contribution is -2.40. The molecule has 0 bridgehead atoms. The second kappa shape index (κ2) is 8.19. The molecule has 0 aliphatic carbocycles. The van der Waals surface area contributed by atoms with E-state index in [1.807, 2.05) is 0 Å². The Morgan fingerprint density at radius 1 is 1.04 bits per heavy atom. The summed E-state index contributed by atoms with van der Waals surface area (Å²) in [5.74, 6) is -0.455. The SMILES string of the molecule is CN(C(=O)CCc1ccc(S(=O)(=O)NC(C)(C)C)cc1)c1ccc(F)cc1. The molecular weight excluding hydrogens is 367 g/mol. The maximum Gasteiger partial charge on any atom is 0.241 e.